The second kappa shape index (κ2) is 9.30. The van der Waals surface area contributed by atoms with Crippen molar-refractivity contribution in [2.24, 2.45) is 0 Å². The molecule has 2 amide bonds. The van der Waals surface area contributed by atoms with E-state index in [0.29, 0.717) is 11.6 Å². The van der Waals surface area contributed by atoms with Crippen LogP contribution in [0.3, 0.4) is 0 Å². The first kappa shape index (κ1) is 23.1. The number of benzene rings is 3. The third kappa shape index (κ3) is 4.09. The monoisotopic (exact) mass is 507 g/mol. The van der Waals surface area contributed by atoms with Gasteiger partial charge in [0.05, 0.1) is 29.7 Å². The van der Waals surface area contributed by atoms with Crippen LogP contribution >= 0.6 is 11.6 Å². The van der Waals surface area contributed by atoms with E-state index < -0.39 is 0 Å². The molecule has 0 bridgehead atoms. The summed E-state index contributed by atoms with van der Waals surface area (Å²) in [4.78, 5) is 15.9. The molecule has 1 N–H and O–H groups in total. The van der Waals surface area contributed by atoms with Crippen LogP contribution in [0.2, 0.25) is 5.02 Å². The van der Waals surface area contributed by atoms with E-state index in [1.807, 2.05) is 115 Å². The molecular formula is C30H26ClN5O. The number of para-hydroxylation sites is 2. The third-order valence-electron chi connectivity index (χ3n) is 6.90. The van der Waals surface area contributed by atoms with Crippen molar-refractivity contribution >= 4 is 23.3 Å². The van der Waals surface area contributed by atoms with Crippen molar-refractivity contribution in [1.29, 1.82) is 0 Å². The first-order valence-corrected chi connectivity index (χ1v) is 12.6. The number of carbonyl (C=O) groups is 1. The first-order chi connectivity index (χ1) is 18.0. The molecule has 37 heavy (non-hydrogen) atoms. The molecule has 0 saturated carbocycles. The van der Waals surface area contributed by atoms with E-state index in [1.165, 1.54) is 0 Å². The van der Waals surface area contributed by atoms with E-state index in [0.717, 1.165) is 45.3 Å². The Bertz CT molecular complexity index is 1600. The van der Waals surface area contributed by atoms with Gasteiger partial charge in [0.1, 0.15) is 5.82 Å². The Morgan fingerprint density at radius 3 is 2.51 bits per heavy atom. The summed E-state index contributed by atoms with van der Waals surface area (Å²) in [5.74, 6) is 0.932. The van der Waals surface area contributed by atoms with Crippen molar-refractivity contribution in [1.82, 2.24) is 19.2 Å². The quantitative estimate of drug-likeness (QED) is 0.284. The number of urea groups is 1. The topological polar surface area (TPSA) is 55.1 Å². The second-order valence-electron chi connectivity index (χ2n) is 9.27. The molecule has 2 aromatic heterocycles. The van der Waals surface area contributed by atoms with Crippen LogP contribution in [0.5, 0.6) is 0 Å². The van der Waals surface area contributed by atoms with Crippen LogP contribution in [-0.4, -0.2) is 25.3 Å². The molecular weight excluding hydrogens is 482 g/mol. The summed E-state index contributed by atoms with van der Waals surface area (Å²) in [5, 5.41) is 8.68. The number of hydrogen-bond donors (Lipinski definition) is 1. The average Bonchev–Trinajstić information content (AvgIpc) is 3.46. The van der Waals surface area contributed by atoms with E-state index in [2.05, 4.69) is 16.0 Å². The number of hydrogen-bond acceptors (Lipinski definition) is 2. The van der Waals surface area contributed by atoms with Gasteiger partial charge in [-0.15, -0.1) is 0 Å². The summed E-state index contributed by atoms with van der Waals surface area (Å²) in [6.07, 6.45) is 2.04. The Morgan fingerprint density at radius 1 is 0.946 bits per heavy atom. The third-order valence-corrected chi connectivity index (χ3v) is 7.13. The summed E-state index contributed by atoms with van der Waals surface area (Å²) in [5.41, 5.74) is 6.51. The van der Waals surface area contributed by atoms with Crippen molar-refractivity contribution in [3.8, 4) is 11.5 Å². The molecule has 3 aromatic carbocycles. The number of nitrogens with zero attached hydrogens (tertiary/aromatic N) is 4. The van der Waals surface area contributed by atoms with Crippen LogP contribution in [0.15, 0.2) is 97.2 Å². The number of halogens is 1. The maximum atomic E-state index is 14.0. The lowest BCUT2D eigenvalue weighted by molar-refractivity contribution is 0.194. The van der Waals surface area contributed by atoms with Crippen LogP contribution in [0.1, 0.15) is 34.1 Å². The SMILES string of the molecule is Cc1ccccc1NC(=O)N1Cc2c(C)nn(-c3ccccc3)c2-n2cccc2[C@@H]1c1cccc(Cl)c1. The van der Waals surface area contributed by atoms with Crippen molar-refractivity contribution in [2.45, 2.75) is 26.4 Å². The smallest absolute Gasteiger partial charge is 0.308 e. The summed E-state index contributed by atoms with van der Waals surface area (Å²) in [7, 11) is 0. The normalized spacial score (nSPS) is 14.6. The van der Waals surface area contributed by atoms with Crippen LogP contribution < -0.4 is 5.32 Å². The van der Waals surface area contributed by atoms with Gasteiger partial charge in [-0.1, -0.05) is 60.1 Å². The molecule has 0 aliphatic carbocycles. The number of rotatable bonds is 3. The summed E-state index contributed by atoms with van der Waals surface area (Å²) in [6, 6.07) is 29.1. The lowest BCUT2D eigenvalue weighted by Crippen LogP contribution is -2.38. The van der Waals surface area contributed by atoms with Gasteiger partial charge >= 0.3 is 6.03 Å². The molecule has 0 fully saturated rings. The number of nitrogens with one attached hydrogen (secondary N) is 1. The highest BCUT2D eigenvalue weighted by Gasteiger charge is 2.36. The molecule has 1 aliphatic rings. The molecule has 184 valence electrons. The molecule has 3 heterocycles. The molecule has 6 rings (SSSR count). The zero-order chi connectivity index (χ0) is 25.5. The van der Waals surface area contributed by atoms with Gasteiger partial charge in [-0.2, -0.15) is 5.10 Å². The van der Waals surface area contributed by atoms with E-state index >= 15 is 0 Å². The minimum Gasteiger partial charge on any atom is -0.308 e. The maximum Gasteiger partial charge on any atom is 0.322 e. The predicted octanol–water partition coefficient (Wildman–Crippen LogP) is 7.07. The summed E-state index contributed by atoms with van der Waals surface area (Å²) in [6.45, 7) is 4.37. The highest BCUT2D eigenvalue weighted by atomic mass is 35.5. The molecule has 0 saturated heterocycles. The van der Waals surface area contributed by atoms with Crippen LogP contribution in [0.25, 0.3) is 11.5 Å². The second-order valence-corrected chi connectivity index (χ2v) is 9.70. The predicted molar refractivity (Wildman–Crippen MR) is 147 cm³/mol. The molecule has 7 heteroatoms. The van der Waals surface area contributed by atoms with Crippen LogP contribution in [-0.2, 0) is 6.54 Å². The van der Waals surface area contributed by atoms with Gasteiger partial charge in [0.25, 0.3) is 0 Å². The lowest BCUT2D eigenvalue weighted by atomic mass is 10.0. The van der Waals surface area contributed by atoms with Gasteiger partial charge in [0.15, 0.2) is 0 Å². The standard InChI is InChI=1S/C30H26ClN5O/c1-20-10-6-7-15-26(20)32-30(37)35-19-25-21(2)33-36(24-13-4-3-5-14-24)29(25)34-17-9-16-27(34)28(35)22-11-8-12-23(31)18-22/h3-18,28H,19H2,1-2H3,(H,32,37)/t28-/m0/s1. The van der Waals surface area contributed by atoms with E-state index in [4.69, 9.17) is 16.7 Å². The molecule has 1 aliphatic heterocycles. The van der Waals surface area contributed by atoms with Gasteiger partial charge < -0.3 is 14.8 Å². The minimum atomic E-state index is -0.367. The number of carbonyl (C=O) groups excluding carboxylic acids is 1. The Hall–Kier alpha value is -4.29. The fraction of sp³-hybridized carbons (Fsp3) is 0.133. The number of aromatic nitrogens is 3. The Morgan fingerprint density at radius 2 is 1.73 bits per heavy atom. The zero-order valence-electron chi connectivity index (χ0n) is 20.6. The highest BCUT2D eigenvalue weighted by molar-refractivity contribution is 6.30. The maximum absolute atomic E-state index is 14.0. The van der Waals surface area contributed by atoms with Gasteiger partial charge in [0.2, 0.25) is 0 Å². The van der Waals surface area contributed by atoms with Crippen molar-refractivity contribution < 1.29 is 4.79 Å². The fourth-order valence-electron chi connectivity index (χ4n) is 5.08. The van der Waals surface area contributed by atoms with E-state index in [9.17, 15) is 4.79 Å². The van der Waals surface area contributed by atoms with Crippen LogP contribution in [0.4, 0.5) is 10.5 Å². The molecule has 0 radical (unpaired) electrons. The first-order valence-electron chi connectivity index (χ1n) is 12.2. The van der Waals surface area contributed by atoms with Gasteiger partial charge in [-0.25, -0.2) is 9.48 Å². The van der Waals surface area contributed by atoms with Crippen LogP contribution in [0, 0.1) is 13.8 Å². The largest absolute Gasteiger partial charge is 0.322 e. The molecule has 5 aromatic rings. The Balaban J connectivity index is 1.55. The molecule has 0 spiro atoms. The van der Waals surface area contributed by atoms with E-state index in [1.54, 1.807) is 0 Å². The number of fused-ring (bicyclic) bond motifs is 3. The van der Waals surface area contributed by atoms with Crippen molar-refractivity contribution in [2.75, 3.05) is 5.32 Å². The zero-order valence-corrected chi connectivity index (χ0v) is 21.4. The van der Waals surface area contributed by atoms with Gasteiger partial charge in [-0.3, -0.25) is 0 Å². The average molecular weight is 508 g/mol. The number of aryl methyl sites for hydroxylation is 2. The summed E-state index contributed by atoms with van der Waals surface area (Å²) < 4.78 is 4.11. The van der Waals surface area contributed by atoms with Gasteiger partial charge in [0, 0.05) is 22.5 Å². The summed E-state index contributed by atoms with van der Waals surface area (Å²) >= 11 is 6.44. The number of amides is 2. The van der Waals surface area contributed by atoms with E-state index in [-0.39, 0.29) is 12.1 Å². The Labute approximate surface area is 220 Å². The fourth-order valence-corrected chi connectivity index (χ4v) is 5.28. The number of anilines is 1. The molecule has 6 nitrogen and oxygen atoms in total. The lowest BCUT2D eigenvalue weighted by Gasteiger charge is -2.31. The molecule has 1 atom stereocenters. The van der Waals surface area contributed by atoms with Gasteiger partial charge in [-0.05, 0) is 67.4 Å². The molecule has 0 unspecified atom stereocenters. The van der Waals surface area contributed by atoms with Crippen molar-refractivity contribution in [3.05, 3.63) is 130 Å². The Kier molecular flexibility index (Phi) is 5.81. The highest BCUT2D eigenvalue weighted by Crippen LogP contribution is 2.39. The minimum absolute atomic E-state index is 0.188. The van der Waals surface area contributed by atoms with Crippen molar-refractivity contribution in [3.63, 3.8) is 0 Å².